The minimum Gasteiger partial charge on any atom is -0.458 e. The van der Waals surface area contributed by atoms with Gasteiger partial charge in [0.15, 0.2) is 0 Å². The highest BCUT2D eigenvalue weighted by molar-refractivity contribution is 7.98. The van der Waals surface area contributed by atoms with Crippen molar-refractivity contribution in [2.24, 2.45) is 17.6 Å². The van der Waals surface area contributed by atoms with Gasteiger partial charge in [0, 0.05) is 5.75 Å². The number of hydrogen-bond acceptors (Lipinski definition) is 4. The zero-order valence-corrected chi connectivity index (χ0v) is 12.9. The maximum atomic E-state index is 11.9. The van der Waals surface area contributed by atoms with Crippen molar-refractivity contribution in [1.29, 1.82) is 0 Å². The van der Waals surface area contributed by atoms with Gasteiger partial charge in [-0.05, 0) is 50.7 Å². The summed E-state index contributed by atoms with van der Waals surface area (Å²) in [6.45, 7) is 6.59. The molecule has 0 spiro atoms. The van der Waals surface area contributed by atoms with Crippen LogP contribution >= 0.6 is 11.8 Å². The van der Waals surface area contributed by atoms with Gasteiger partial charge in [-0.15, -0.1) is 0 Å². The molecule has 0 aliphatic heterocycles. The first-order chi connectivity index (χ1) is 8.38. The van der Waals surface area contributed by atoms with Gasteiger partial charge in [-0.3, -0.25) is 4.79 Å². The Labute approximate surface area is 115 Å². The first-order valence-electron chi connectivity index (χ1n) is 6.85. The Morgan fingerprint density at radius 3 is 2.44 bits per heavy atom. The van der Waals surface area contributed by atoms with Crippen LogP contribution in [0.4, 0.5) is 0 Å². The molecule has 0 amide bonds. The molecule has 0 saturated heterocycles. The highest BCUT2D eigenvalue weighted by Gasteiger charge is 2.36. The Morgan fingerprint density at radius 2 is 2.00 bits per heavy atom. The normalized spacial score (nSPS) is 30.2. The molecule has 1 rings (SSSR count). The summed E-state index contributed by atoms with van der Waals surface area (Å²) < 4.78 is 5.64. The van der Waals surface area contributed by atoms with Crippen molar-refractivity contribution < 1.29 is 9.53 Å². The second kappa shape index (κ2) is 6.80. The summed E-state index contributed by atoms with van der Waals surface area (Å²) in [6, 6.07) is -0.486. The lowest BCUT2D eigenvalue weighted by molar-refractivity contribution is -0.163. The van der Waals surface area contributed by atoms with Crippen LogP contribution in [-0.2, 0) is 9.53 Å². The van der Waals surface area contributed by atoms with Crippen LogP contribution < -0.4 is 5.73 Å². The molecule has 1 atom stereocenters. The van der Waals surface area contributed by atoms with E-state index in [4.69, 9.17) is 10.5 Å². The quantitative estimate of drug-likeness (QED) is 0.783. The maximum Gasteiger partial charge on any atom is 0.324 e. The highest BCUT2D eigenvalue weighted by atomic mass is 32.2. The average molecular weight is 273 g/mol. The molecular formula is C14H27NO2S. The molecule has 0 aromatic heterocycles. The van der Waals surface area contributed by atoms with Crippen LogP contribution in [0, 0.1) is 11.8 Å². The molecule has 0 heterocycles. The second-order valence-electron chi connectivity index (χ2n) is 6.01. The Bertz CT molecular complexity index is 273. The van der Waals surface area contributed by atoms with Gasteiger partial charge in [-0.25, -0.2) is 0 Å². The number of nitrogens with two attached hydrogens (primary N) is 1. The minimum absolute atomic E-state index is 0.241. The van der Waals surface area contributed by atoms with Gasteiger partial charge in [-0.2, -0.15) is 11.8 Å². The lowest BCUT2D eigenvalue weighted by atomic mass is 9.75. The lowest BCUT2D eigenvalue weighted by Crippen LogP contribution is -2.43. The smallest absolute Gasteiger partial charge is 0.324 e. The number of ether oxygens (including phenoxy) is 1. The summed E-state index contributed by atoms with van der Waals surface area (Å²) in [5.74, 6) is 1.89. The van der Waals surface area contributed by atoms with Crippen molar-refractivity contribution in [2.75, 3.05) is 12.0 Å². The van der Waals surface area contributed by atoms with E-state index >= 15 is 0 Å². The summed E-state index contributed by atoms with van der Waals surface area (Å²) in [5, 5.41) is 0. The standard InChI is InChI=1S/C14H27NO2S/c1-10(2)11-5-7-14(3,8-6-11)17-13(16)12(15)9-18-4/h10-12H,5-9,15H2,1-4H3/t11?,12-,14?/m0/s1. The molecule has 2 N–H and O–H groups in total. The summed E-state index contributed by atoms with van der Waals surface area (Å²) in [7, 11) is 0. The fourth-order valence-corrected chi connectivity index (χ4v) is 3.08. The van der Waals surface area contributed by atoms with Gasteiger partial charge >= 0.3 is 5.97 Å². The van der Waals surface area contributed by atoms with Crippen molar-refractivity contribution >= 4 is 17.7 Å². The van der Waals surface area contributed by atoms with E-state index < -0.39 is 6.04 Å². The number of hydrogen-bond donors (Lipinski definition) is 1. The summed E-state index contributed by atoms with van der Waals surface area (Å²) in [4.78, 5) is 11.9. The van der Waals surface area contributed by atoms with E-state index in [-0.39, 0.29) is 11.6 Å². The van der Waals surface area contributed by atoms with Crippen molar-refractivity contribution in [3.05, 3.63) is 0 Å². The molecule has 0 unspecified atom stereocenters. The van der Waals surface area contributed by atoms with Gasteiger partial charge in [0.1, 0.15) is 11.6 Å². The zero-order chi connectivity index (χ0) is 13.8. The molecule has 3 nitrogen and oxygen atoms in total. The fourth-order valence-electron chi connectivity index (χ4n) is 2.59. The zero-order valence-electron chi connectivity index (χ0n) is 12.1. The molecule has 0 aromatic carbocycles. The Hall–Kier alpha value is -0.220. The van der Waals surface area contributed by atoms with E-state index in [0.29, 0.717) is 5.75 Å². The molecule has 18 heavy (non-hydrogen) atoms. The SMILES string of the molecule is CSC[C@H](N)C(=O)OC1(C)CCC(C(C)C)CC1. The van der Waals surface area contributed by atoms with E-state index in [9.17, 15) is 4.79 Å². The van der Waals surface area contributed by atoms with E-state index in [1.165, 1.54) is 0 Å². The van der Waals surface area contributed by atoms with Crippen molar-refractivity contribution in [1.82, 2.24) is 0 Å². The Kier molecular flexibility index (Phi) is 5.99. The average Bonchev–Trinajstić information content (AvgIpc) is 2.29. The largest absolute Gasteiger partial charge is 0.458 e. The van der Waals surface area contributed by atoms with E-state index in [0.717, 1.165) is 37.5 Å². The molecule has 1 saturated carbocycles. The topological polar surface area (TPSA) is 52.3 Å². The third-order valence-corrected chi connectivity index (χ3v) is 4.72. The molecule has 106 valence electrons. The Balaban J connectivity index is 2.45. The first kappa shape index (κ1) is 15.8. The second-order valence-corrected chi connectivity index (χ2v) is 6.92. The van der Waals surface area contributed by atoms with E-state index in [1.54, 1.807) is 11.8 Å². The van der Waals surface area contributed by atoms with Gasteiger partial charge in [0.05, 0.1) is 0 Å². The van der Waals surface area contributed by atoms with Gasteiger partial charge in [-0.1, -0.05) is 13.8 Å². The van der Waals surface area contributed by atoms with Crippen LogP contribution in [0.2, 0.25) is 0 Å². The molecule has 1 fully saturated rings. The molecule has 0 aromatic rings. The highest BCUT2D eigenvalue weighted by Crippen LogP contribution is 2.37. The van der Waals surface area contributed by atoms with Gasteiger partial charge < -0.3 is 10.5 Å². The van der Waals surface area contributed by atoms with Crippen molar-refractivity contribution in [2.45, 2.75) is 58.1 Å². The van der Waals surface area contributed by atoms with E-state index in [1.807, 2.05) is 13.2 Å². The van der Waals surface area contributed by atoms with E-state index in [2.05, 4.69) is 13.8 Å². The number of carbonyl (C=O) groups is 1. The van der Waals surface area contributed by atoms with Crippen LogP contribution in [0.25, 0.3) is 0 Å². The Morgan fingerprint density at radius 1 is 1.44 bits per heavy atom. The van der Waals surface area contributed by atoms with Crippen LogP contribution in [0.1, 0.15) is 46.5 Å². The van der Waals surface area contributed by atoms with Crippen LogP contribution in [0.15, 0.2) is 0 Å². The number of rotatable bonds is 5. The minimum atomic E-state index is -0.486. The molecule has 1 aliphatic carbocycles. The predicted octanol–water partition coefficient (Wildman–Crippen LogP) is 2.82. The lowest BCUT2D eigenvalue weighted by Gasteiger charge is -2.38. The van der Waals surface area contributed by atoms with Crippen LogP contribution in [0.5, 0.6) is 0 Å². The molecule has 0 bridgehead atoms. The number of esters is 1. The van der Waals surface area contributed by atoms with Gasteiger partial charge in [0.2, 0.25) is 0 Å². The van der Waals surface area contributed by atoms with Crippen LogP contribution in [0.3, 0.4) is 0 Å². The third kappa shape index (κ3) is 4.47. The van der Waals surface area contributed by atoms with Crippen molar-refractivity contribution in [3.63, 3.8) is 0 Å². The molecular weight excluding hydrogens is 246 g/mol. The summed E-state index contributed by atoms with van der Waals surface area (Å²) in [5.41, 5.74) is 5.49. The molecule has 0 radical (unpaired) electrons. The van der Waals surface area contributed by atoms with Crippen LogP contribution in [-0.4, -0.2) is 29.6 Å². The summed E-state index contributed by atoms with van der Waals surface area (Å²) in [6.07, 6.45) is 6.18. The summed E-state index contributed by atoms with van der Waals surface area (Å²) >= 11 is 1.58. The number of carbonyl (C=O) groups excluding carboxylic acids is 1. The monoisotopic (exact) mass is 273 g/mol. The molecule has 4 heteroatoms. The number of thioether (sulfide) groups is 1. The predicted molar refractivity (Wildman–Crippen MR) is 77.7 cm³/mol. The van der Waals surface area contributed by atoms with Crippen molar-refractivity contribution in [3.8, 4) is 0 Å². The first-order valence-corrected chi connectivity index (χ1v) is 8.25. The fraction of sp³-hybridized carbons (Fsp3) is 0.929. The third-order valence-electron chi connectivity index (χ3n) is 4.03. The molecule has 1 aliphatic rings. The maximum absolute atomic E-state index is 11.9. The van der Waals surface area contributed by atoms with Gasteiger partial charge in [0.25, 0.3) is 0 Å².